The number of benzene rings is 1. The molecule has 0 atom stereocenters. The summed E-state index contributed by atoms with van der Waals surface area (Å²) in [5.41, 5.74) is -5.72. The van der Waals surface area contributed by atoms with E-state index in [1.54, 1.807) is 0 Å². The fraction of sp³-hybridized carbons (Fsp3) is 0.360. The summed E-state index contributed by atoms with van der Waals surface area (Å²) in [6.07, 6.45) is -2.55. The lowest BCUT2D eigenvalue weighted by atomic mass is 10.1. The Morgan fingerprint density at radius 3 is 2.45 bits per heavy atom. The Morgan fingerprint density at radius 1 is 1.15 bits per heavy atom. The van der Waals surface area contributed by atoms with Crippen LogP contribution in [0.15, 0.2) is 30.3 Å². The summed E-state index contributed by atoms with van der Waals surface area (Å²) >= 11 is 0. The van der Waals surface area contributed by atoms with E-state index in [-0.39, 0.29) is 40.7 Å². The number of halogens is 1. The van der Waals surface area contributed by atoms with Gasteiger partial charge in [-0.05, 0) is 43.4 Å². The number of phosphoric ester groups is 1. The lowest BCUT2D eigenvalue weighted by Gasteiger charge is -2.39. The first kappa shape index (κ1) is 16.4. The summed E-state index contributed by atoms with van der Waals surface area (Å²) in [7, 11) is -2.74. The standard InChI is InChI=1S/C25H28FN4O9P/c1-25(2)24(31)30(13-38-40(32,33)34)23-18(39-25)7-6-15(28-23)11-17-16(26)12-27-21(29-17)10-14-8-19(35-3)22(37-5)20(9-14)36-4/h6-9,12H,10-11,13H2,1-5H3,(H2,32,33,34)/p-2/i1D3,2D3,6D,7D,8D,9D,12D,13D2. The summed E-state index contributed by atoms with van der Waals surface area (Å²) in [6, 6.07) is -3.08. The molecule has 0 aliphatic carbocycles. The molecule has 13 nitrogen and oxygen atoms in total. The van der Waals surface area contributed by atoms with E-state index >= 15 is 4.39 Å². The molecule has 0 radical (unpaired) electrons. The van der Waals surface area contributed by atoms with Crippen LogP contribution < -0.4 is 33.6 Å². The van der Waals surface area contributed by atoms with E-state index in [1.165, 1.54) is 21.3 Å². The van der Waals surface area contributed by atoms with Gasteiger partial charge in [-0.1, -0.05) is 0 Å². The molecule has 40 heavy (non-hydrogen) atoms. The number of anilines is 1. The molecule has 2 aromatic heterocycles. The minimum atomic E-state index is -6.41. The predicted molar refractivity (Wildman–Crippen MR) is 134 cm³/mol. The molecule has 0 fully saturated rings. The van der Waals surface area contributed by atoms with Crippen LogP contribution in [0.2, 0.25) is 0 Å². The van der Waals surface area contributed by atoms with Gasteiger partial charge < -0.3 is 37.8 Å². The predicted octanol–water partition coefficient (Wildman–Crippen LogP) is 1.52. The molecule has 4 rings (SSSR count). The minimum Gasteiger partial charge on any atom is -0.790 e. The number of fused-ring (bicyclic) bond motifs is 1. The zero-order valence-corrected chi connectivity index (χ0v) is 21.6. The monoisotopic (exact) mass is 589 g/mol. The van der Waals surface area contributed by atoms with E-state index in [0.29, 0.717) is 0 Å². The Bertz CT molecular complexity index is 1990. The summed E-state index contributed by atoms with van der Waals surface area (Å²) in [6.45, 7) is -12.3. The molecule has 1 aliphatic heterocycles. The normalized spacial score (nSPS) is 20.1. The van der Waals surface area contributed by atoms with Gasteiger partial charge in [0, 0.05) is 26.8 Å². The van der Waals surface area contributed by atoms with Crippen molar-refractivity contribution in [3.05, 3.63) is 58.9 Å². The number of rotatable bonds is 10. The van der Waals surface area contributed by atoms with Crippen LogP contribution in [-0.4, -0.2) is 54.5 Å². The number of carbonyl (C=O) groups is 1. The Labute approximate surface area is 247 Å². The molecule has 0 unspecified atom stereocenters. The van der Waals surface area contributed by atoms with E-state index in [1.807, 2.05) is 0 Å². The second-order valence-electron chi connectivity index (χ2n) is 7.71. The van der Waals surface area contributed by atoms with Gasteiger partial charge in [-0.15, -0.1) is 0 Å². The Hall–Kier alpha value is -3.84. The lowest BCUT2D eigenvalue weighted by molar-refractivity contribution is -0.341. The quantitative estimate of drug-likeness (QED) is 0.313. The maximum absolute atomic E-state index is 15.4. The van der Waals surface area contributed by atoms with Crippen molar-refractivity contribution in [3.8, 4) is 23.0 Å². The molecular weight excluding hydrogens is 550 g/mol. The van der Waals surface area contributed by atoms with Crippen molar-refractivity contribution in [2.45, 2.75) is 32.1 Å². The molecule has 3 heterocycles. The highest BCUT2D eigenvalue weighted by atomic mass is 31.2. The van der Waals surface area contributed by atoms with Crippen molar-refractivity contribution in [3.63, 3.8) is 0 Å². The second kappa shape index (κ2) is 11.3. The maximum atomic E-state index is 15.4. The van der Waals surface area contributed by atoms with Crippen LogP contribution in [0.3, 0.4) is 0 Å². The van der Waals surface area contributed by atoms with Crippen molar-refractivity contribution >= 4 is 19.5 Å². The molecule has 1 aromatic carbocycles. The number of carbonyl (C=O) groups excluding carboxylic acids is 1. The summed E-state index contributed by atoms with van der Waals surface area (Å²) in [5, 5.41) is 0. The summed E-state index contributed by atoms with van der Waals surface area (Å²) < 4.78 is 157. The van der Waals surface area contributed by atoms with Crippen molar-refractivity contribution in [1.29, 1.82) is 0 Å². The highest BCUT2D eigenvalue weighted by Gasteiger charge is 2.42. The zero-order valence-electron chi connectivity index (χ0n) is 33.7. The van der Waals surface area contributed by atoms with Gasteiger partial charge in [0.25, 0.3) is 5.91 Å². The van der Waals surface area contributed by atoms with Gasteiger partial charge in [-0.3, -0.25) is 9.69 Å². The first-order chi connectivity index (χ1) is 24.2. The second-order valence-corrected chi connectivity index (χ2v) is 8.79. The van der Waals surface area contributed by atoms with Gasteiger partial charge in [-0.25, -0.2) is 19.3 Å². The molecule has 0 spiro atoms. The number of ether oxygens (including phenoxy) is 4. The van der Waals surface area contributed by atoms with Crippen molar-refractivity contribution < 1.29 is 64.8 Å². The molecule has 0 N–H and O–H groups in total. The van der Waals surface area contributed by atoms with Gasteiger partial charge >= 0.3 is 0 Å². The summed E-state index contributed by atoms with van der Waals surface area (Å²) in [5.74, 6) is -7.24. The first-order valence-electron chi connectivity index (χ1n) is 17.2. The van der Waals surface area contributed by atoms with Gasteiger partial charge in [-0.2, -0.15) is 0 Å². The fourth-order valence-electron chi connectivity index (χ4n) is 3.33. The number of amides is 1. The number of pyridine rings is 1. The van der Waals surface area contributed by atoms with Crippen LogP contribution in [0.5, 0.6) is 23.0 Å². The average Bonchev–Trinajstić information content (AvgIpc) is 3.01. The van der Waals surface area contributed by atoms with Gasteiger partial charge in [0.1, 0.15) is 12.5 Å². The third kappa shape index (κ3) is 6.31. The maximum Gasteiger partial charge on any atom is 0.273 e. The molecule has 3 aromatic rings. The van der Waals surface area contributed by atoms with Crippen molar-refractivity contribution in [1.82, 2.24) is 15.0 Å². The van der Waals surface area contributed by atoms with Crippen LogP contribution in [0.4, 0.5) is 10.2 Å². The molecule has 0 bridgehead atoms. The minimum absolute atomic E-state index is 0.0853. The SMILES string of the molecule is [2H]c1nc(Cc2c([2H])c(OC)c(OC)c(OC)c2[2H])nc(Cc2nc3c(c([2H])c2[2H])OC(C([2H])([2H])[2H])(C([2H])([2H])[2H])C(=O)N3C([2H])([2H])OP(=O)([O-])[O-])c1F. The van der Waals surface area contributed by atoms with Crippen LogP contribution in [-0.2, 0) is 26.7 Å². The molecule has 1 amide bonds. The van der Waals surface area contributed by atoms with E-state index in [2.05, 4.69) is 19.5 Å². The molecule has 1 aliphatic rings. The fourth-order valence-corrected chi connectivity index (χ4v) is 3.51. The summed E-state index contributed by atoms with van der Waals surface area (Å²) in [4.78, 5) is 47.7. The van der Waals surface area contributed by atoms with Crippen LogP contribution in [0.25, 0.3) is 0 Å². The molecule has 0 saturated heterocycles. The average molecular weight is 590 g/mol. The van der Waals surface area contributed by atoms with Crippen LogP contribution in [0.1, 0.15) is 54.3 Å². The topological polar surface area (TPSA) is 168 Å². The highest BCUT2D eigenvalue weighted by molar-refractivity contribution is 7.43. The number of phosphoric acid groups is 1. The van der Waals surface area contributed by atoms with Gasteiger partial charge in [0.05, 0.1) is 50.6 Å². The third-order valence-electron chi connectivity index (χ3n) is 5.00. The number of hydrogen-bond donors (Lipinski definition) is 0. The Kier molecular flexibility index (Phi) is 4.66. The third-order valence-corrected chi connectivity index (χ3v) is 5.31. The lowest BCUT2D eigenvalue weighted by Crippen LogP contribution is -2.53. The van der Waals surface area contributed by atoms with E-state index in [4.69, 9.17) is 36.8 Å². The van der Waals surface area contributed by atoms with E-state index in [0.717, 1.165) is 0 Å². The van der Waals surface area contributed by atoms with Crippen molar-refractivity contribution in [2.75, 3.05) is 32.9 Å². The Morgan fingerprint density at radius 2 is 1.85 bits per heavy atom. The van der Waals surface area contributed by atoms with Crippen LogP contribution in [0, 0.1) is 5.82 Å². The van der Waals surface area contributed by atoms with Gasteiger partial charge in [0.15, 0.2) is 34.5 Å². The van der Waals surface area contributed by atoms with Crippen LogP contribution >= 0.6 is 7.82 Å². The number of nitrogens with zero attached hydrogens (tertiary/aromatic N) is 4. The van der Waals surface area contributed by atoms with Crippen molar-refractivity contribution in [2.24, 2.45) is 0 Å². The van der Waals surface area contributed by atoms with E-state index in [9.17, 15) is 19.1 Å². The molecule has 15 heteroatoms. The number of aromatic nitrogens is 3. The number of hydrogen-bond acceptors (Lipinski definition) is 12. The number of methoxy groups -OCH3 is 3. The molecule has 0 saturated carbocycles. The zero-order chi connectivity index (χ0) is 40.4. The van der Waals surface area contributed by atoms with E-state index < -0.39 is 104 Å². The largest absolute Gasteiger partial charge is 0.790 e. The molecular formula is C25H26FN4O9P-2. The Balaban J connectivity index is 1.94. The highest BCUT2D eigenvalue weighted by Crippen LogP contribution is 2.39. The smallest absolute Gasteiger partial charge is 0.273 e. The van der Waals surface area contributed by atoms with Gasteiger partial charge in [0.2, 0.25) is 5.75 Å². The molecule has 214 valence electrons. The first-order valence-corrected chi connectivity index (χ1v) is 12.2.